The highest BCUT2D eigenvalue weighted by atomic mass is 32.2. The number of fused-ring (bicyclic) bond motifs is 1. The average Bonchev–Trinajstić information content (AvgIpc) is 2.65. The van der Waals surface area contributed by atoms with Crippen LogP contribution < -0.4 is 4.90 Å². The van der Waals surface area contributed by atoms with Gasteiger partial charge < -0.3 is 4.90 Å². The number of para-hydroxylation sites is 2. The van der Waals surface area contributed by atoms with Crippen LogP contribution in [-0.2, 0) is 0 Å². The van der Waals surface area contributed by atoms with E-state index in [4.69, 9.17) is 0 Å². The molecular formula is C16H14N2OS. The third kappa shape index (κ3) is 2.34. The normalized spacial score (nSPS) is 14.6. The summed E-state index contributed by atoms with van der Waals surface area (Å²) >= 11 is 1.58. The largest absolute Gasteiger partial charge is 0.302 e. The first-order valence-electron chi connectivity index (χ1n) is 6.37. The summed E-state index contributed by atoms with van der Waals surface area (Å²) in [5, 5.41) is 0.937. The Morgan fingerprint density at radius 3 is 2.50 bits per heavy atom. The predicted molar refractivity (Wildman–Crippen MR) is 85.2 cm³/mol. The van der Waals surface area contributed by atoms with Gasteiger partial charge in [-0.2, -0.15) is 0 Å². The van der Waals surface area contributed by atoms with E-state index in [9.17, 15) is 4.79 Å². The van der Waals surface area contributed by atoms with Crippen LogP contribution in [0.2, 0.25) is 0 Å². The number of carbonyl (C=O) groups is 1. The van der Waals surface area contributed by atoms with Crippen LogP contribution in [0.15, 0.2) is 59.6 Å². The molecule has 1 amide bonds. The van der Waals surface area contributed by atoms with Crippen molar-refractivity contribution in [1.82, 2.24) is 0 Å². The number of benzene rings is 2. The highest BCUT2D eigenvalue weighted by molar-refractivity contribution is 8.13. The van der Waals surface area contributed by atoms with Gasteiger partial charge in [0.2, 0.25) is 0 Å². The van der Waals surface area contributed by atoms with Gasteiger partial charge in [0.25, 0.3) is 5.91 Å². The SMILES string of the molecule is CSC1=Nc2ccccc2C(=O)N(c2ccccc2)C1. The molecule has 0 aliphatic carbocycles. The molecule has 0 fully saturated rings. The summed E-state index contributed by atoms with van der Waals surface area (Å²) in [5.41, 5.74) is 2.30. The van der Waals surface area contributed by atoms with E-state index in [0.29, 0.717) is 12.1 Å². The molecule has 1 aliphatic heterocycles. The first-order valence-corrected chi connectivity index (χ1v) is 7.59. The van der Waals surface area contributed by atoms with Gasteiger partial charge in [-0.15, -0.1) is 11.8 Å². The van der Waals surface area contributed by atoms with Crippen molar-refractivity contribution in [2.75, 3.05) is 17.7 Å². The molecule has 0 spiro atoms. The highest BCUT2D eigenvalue weighted by Crippen LogP contribution is 2.28. The Labute approximate surface area is 122 Å². The number of aliphatic imine (C=N–C) groups is 1. The van der Waals surface area contributed by atoms with E-state index < -0.39 is 0 Å². The van der Waals surface area contributed by atoms with Crippen LogP contribution in [-0.4, -0.2) is 23.8 Å². The van der Waals surface area contributed by atoms with Gasteiger partial charge in [0.05, 0.1) is 22.8 Å². The topological polar surface area (TPSA) is 32.7 Å². The molecule has 0 saturated heterocycles. The maximum absolute atomic E-state index is 12.7. The fraction of sp³-hybridized carbons (Fsp3) is 0.125. The molecule has 0 bridgehead atoms. The molecule has 0 N–H and O–H groups in total. The van der Waals surface area contributed by atoms with Gasteiger partial charge >= 0.3 is 0 Å². The van der Waals surface area contributed by atoms with Crippen LogP contribution in [0.4, 0.5) is 11.4 Å². The van der Waals surface area contributed by atoms with E-state index in [-0.39, 0.29) is 5.91 Å². The highest BCUT2D eigenvalue weighted by Gasteiger charge is 2.24. The summed E-state index contributed by atoms with van der Waals surface area (Å²) < 4.78 is 0. The van der Waals surface area contributed by atoms with Gasteiger partial charge in [-0.1, -0.05) is 30.3 Å². The minimum absolute atomic E-state index is 0.000370. The zero-order valence-electron chi connectivity index (χ0n) is 11.1. The quantitative estimate of drug-likeness (QED) is 0.798. The smallest absolute Gasteiger partial charge is 0.260 e. The summed E-state index contributed by atoms with van der Waals surface area (Å²) in [4.78, 5) is 19.1. The molecule has 0 unspecified atom stereocenters. The molecule has 0 radical (unpaired) electrons. The lowest BCUT2D eigenvalue weighted by molar-refractivity contribution is 0.0992. The second-order valence-corrected chi connectivity index (χ2v) is 5.33. The molecule has 0 atom stereocenters. The lowest BCUT2D eigenvalue weighted by Gasteiger charge is -2.21. The van der Waals surface area contributed by atoms with Gasteiger partial charge in [0.1, 0.15) is 0 Å². The summed E-state index contributed by atoms with van der Waals surface area (Å²) in [6, 6.07) is 17.2. The van der Waals surface area contributed by atoms with Crippen molar-refractivity contribution >= 4 is 34.1 Å². The lowest BCUT2D eigenvalue weighted by atomic mass is 10.1. The summed E-state index contributed by atoms with van der Waals surface area (Å²) in [6.45, 7) is 0.513. The van der Waals surface area contributed by atoms with Crippen molar-refractivity contribution in [3.05, 3.63) is 60.2 Å². The van der Waals surface area contributed by atoms with Gasteiger partial charge in [-0.25, -0.2) is 4.99 Å². The molecule has 1 heterocycles. The van der Waals surface area contributed by atoms with Crippen molar-refractivity contribution in [1.29, 1.82) is 0 Å². The van der Waals surface area contributed by atoms with Crippen molar-refractivity contribution in [3.8, 4) is 0 Å². The first-order chi connectivity index (χ1) is 9.79. The average molecular weight is 282 g/mol. The molecule has 100 valence electrons. The Kier molecular flexibility index (Phi) is 3.56. The Hall–Kier alpha value is -2.07. The number of anilines is 1. The molecule has 3 rings (SSSR count). The first kappa shape index (κ1) is 12.9. The second kappa shape index (κ2) is 5.51. The second-order valence-electron chi connectivity index (χ2n) is 4.45. The van der Waals surface area contributed by atoms with Crippen molar-refractivity contribution in [2.45, 2.75) is 0 Å². The van der Waals surface area contributed by atoms with Crippen molar-refractivity contribution in [2.24, 2.45) is 4.99 Å². The molecule has 2 aromatic rings. The molecule has 2 aromatic carbocycles. The van der Waals surface area contributed by atoms with Crippen LogP contribution in [0.1, 0.15) is 10.4 Å². The summed E-state index contributed by atoms with van der Waals surface area (Å²) in [6.07, 6.45) is 1.99. The maximum atomic E-state index is 12.7. The third-order valence-electron chi connectivity index (χ3n) is 3.22. The van der Waals surface area contributed by atoms with Gasteiger partial charge in [0, 0.05) is 5.69 Å². The van der Waals surface area contributed by atoms with E-state index in [1.165, 1.54) is 0 Å². The number of hydrogen-bond donors (Lipinski definition) is 0. The van der Waals surface area contributed by atoms with Crippen molar-refractivity contribution in [3.63, 3.8) is 0 Å². The Morgan fingerprint density at radius 1 is 1.05 bits per heavy atom. The molecular weight excluding hydrogens is 268 g/mol. The number of amides is 1. The summed E-state index contributed by atoms with van der Waals surface area (Å²) in [5.74, 6) is -0.000370. The van der Waals surface area contributed by atoms with Crippen molar-refractivity contribution < 1.29 is 4.79 Å². The van der Waals surface area contributed by atoms with Gasteiger partial charge in [-0.05, 0) is 30.5 Å². The van der Waals surface area contributed by atoms with E-state index in [2.05, 4.69) is 4.99 Å². The molecule has 3 nitrogen and oxygen atoms in total. The van der Waals surface area contributed by atoms with Crippen LogP contribution in [0.5, 0.6) is 0 Å². The third-order valence-corrected chi connectivity index (χ3v) is 3.91. The number of thioether (sulfide) groups is 1. The standard InChI is InChI=1S/C16H14N2OS/c1-20-15-11-18(12-7-3-2-4-8-12)16(19)13-9-5-6-10-14(13)17-15/h2-10H,11H2,1H3. The van der Waals surface area contributed by atoms with Crippen LogP contribution in [0.3, 0.4) is 0 Å². The number of carbonyl (C=O) groups excluding carboxylic acids is 1. The molecule has 1 aliphatic rings. The van der Waals surface area contributed by atoms with Crippen LogP contribution in [0.25, 0.3) is 0 Å². The zero-order chi connectivity index (χ0) is 13.9. The minimum Gasteiger partial charge on any atom is -0.302 e. The fourth-order valence-electron chi connectivity index (χ4n) is 2.20. The number of nitrogens with zero attached hydrogens (tertiary/aromatic N) is 2. The maximum Gasteiger partial charge on any atom is 0.260 e. The Morgan fingerprint density at radius 2 is 1.75 bits per heavy atom. The minimum atomic E-state index is -0.000370. The number of hydrogen-bond acceptors (Lipinski definition) is 3. The molecule has 0 saturated carbocycles. The van der Waals surface area contributed by atoms with E-state index >= 15 is 0 Å². The van der Waals surface area contributed by atoms with E-state index in [1.807, 2.05) is 60.9 Å². The molecule has 0 aromatic heterocycles. The molecule has 20 heavy (non-hydrogen) atoms. The van der Waals surface area contributed by atoms with Crippen LogP contribution in [0, 0.1) is 0 Å². The van der Waals surface area contributed by atoms with Gasteiger partial charge in [-0.3, -0.25) is 4.79 Å². The predicted octanol–water partition coefficient (Wildman–Crippen LogP) is 3.74. The van der Waals surface area contributed by atoms with Crippen LogP contribution >= 0.6 is 11.8 Å². The summed E-state index contributed by atoms with van der Waals surface area (Å²) in [7, 11) is 0. The Bertz CT molecular complexity index is 667. The zero-order valence-corrected chi connectivity index (χ0v) is 11.9. The Balaban J connectivity index is 2.11. The number of rotatable bonds is 1. The van der Waals surface area contributed by atoms with Gasteiger partial charge in [0.15, 0.2) is 0 Å². The monoisotopic (exact) mass is 282 g/mol. The molecule has 4 heteroatoms. The lowest BCUT2D eigenvalue weighted by Crippen LogP contribution is -2.33. The van der Waals surface area contributed by atoms with E-state index in [0.717, 1.165) is 16.4 Å². The fourth-order valence-corrected chi connectivity index (χ4v) is 2.65. The van der Waals surface area contributed by atoms with E-state index in [1.54, 1.807) is 16.7 Å².